The predicted molar refractivity (Wildman–Crippen MR) is 96.1 cm³/mol. The highest BCUT2D eigenvalue weighted by molar-refractivity contribution is 5.83. The molecule has 0 N–H and O–H groups in total. The number of aromatic nitrogens is 2. The topological polar surface area (TPSA) is 55.2 Å². The first-order valence-corrected chi connectivity index (χ1v) is 8.43. The SMILES string of the molecule is C[C@H]1c2nc3ccccc3c(=O)n2[C@@H](C)C(=O)N1Cc1ccccc1. The summed E-state index contributed by atoms with van der Waals surface area (Å²) in [5.41, 5.74) is 1.59. The van der Waals surface area contributed by atoms with E-state index < -0.39 is 6.04 Å². The van der Waals surface area contributed by atoms with Crippen LogP contribution >= 0.6 is 0 Å². The van der Waals surface area contributed by atoms with Crippen LogP contribution in [-0.2, 0) is 11.3 Å². The maximum absolute atomic E-state index is 12.9. The molecule has 0 fully saturated rings. The Morgan fingerprint density at radius 3 is 2.36 bits per heavy atom. The van der Waals surface area contributed by atoms with Gasteiger partial charge in [-0.2, -0.15) is 0 Å². The average molecular weight is 333 g/mol. The summed E-state index contributed by atoms with van der Waals surface area (Å²) >= 11 is 0. The lowest BCUT2D eigenvalue weighted by atomic mass is 10.1. The zero-order valence-corrected chi connectivity index (χ0v) is 14.2. The molecule has 2 aromatic carbocycles. The van der Waals surface area contributed by atoms with Crippen LogP contribution in [0.3, 0.4) is 0 Å². The Labute approximate surface area is 145 Å². The van der Waals surface area contributed by atoms with E-state index in [4.69, 9.17) is 4.98 Å². The van der Waals surface area contributed by atoms with Crippen LogP contribution in [0.25, 0.3) is 10.9 Å². The highest BCUT2D eigenvalue weighted by Gasteiger charge is 2.37. The third kappa shape index (κ3) is 2.43. The van der Waals surface area contributed by atoms with E-state index in [2.05, 4.69) is 0 Å². The highest BCUT2D eigenvalue weighted by atomic mass is 16.2. The van der Waals surface area contributed by atoms with Crippen LogP contribution in [0.15, 0.2) is 59.4 Å². The summed E-state index contributed by atoms with van der Waals surface area (Å²) in [6.45, 7) is 4.21. The van der Waals surface area contributed by atoms with Crippen molar-refractivity contribution < 1.29 is 4.79 Å². The van der Waals surface area contributed by atoms with Gasteiger partial charge in [-0.15, -0.1) is 0 Å². The Morgan fingerprint density at radius 2 is 1.60 bits per heavy atom. The van der Waals surface area contributed by atoms with Crippen molar-refractivity contribution >= 4 is 16.8 Å². The molecule has 2 atom stereocenters. The van der Waals surface area contributed by atoms with Gasteiger partial charge in [-0.1, -0.05) is 42.5 Å². The minimum absolute atomic E-state index is 0.0527. The molecule has 0 saturated heterocycles. The number of benzene rings is 2. The first-order chi connectivity index (χ1) is 12.1. The van der Waals surface area contributed by atoms with E-state index in [1.165, 1.54) is 0 Å². The molecule has 2 heterocycles. The molecule has 0 radical (unpaired) electrons. The molecule has 0 aliphatic carbocycles. The van der Waals surface area contributed by atoms with E-state index in [1.54, 1.807) is 22.5 Å². The number of hydrogen-bond acceptors (Lipinski definition) is 3. The molecule has 1 amide bonds. The van der Waals surface area contributed by atoms with Crippen molar-refractivity contribution in [3.05, 3.63) is 76.3 Å². The standard InChI is InChI=1S/C20H19N3O2/c1-13-18-21-17-11-7-6-10-16(17)20(25)23(18)14(2)19(24)22(13)12-15-8-4-3-5-9-15/h3-11,13-14H,12H2,1-2H3/t13-,14-/m0/s1. The van der Waals surface area contributed by atoms with Crippen LogP contribution in [-0.4, -0.2) is 20.4 Å². The molecule has 4 rings (SSSR count). The third-order valence-corrected chi connectivity index (χ3v) is 4.90. The van der Waals surface area contributed by atoms with Gasteiger partial charge in [0, 0.05) is 6.54 Å². The lowest BCUT2D eigenvalue weighted by Crippen LogP contribution is -2.48. The first-order valence-electron chi connectivity index (χ1n) is 8.43. The van der Waals surface area contributed by atoms with E-state index in [0.29, 0.717) is 23.3 Å². The molecule has 5 heteroatoms. The molecule has 1 aliphatic rings. The van der Waals surface area contributed by atoms with Gasteiger partial charge >= 0.3 is 0 Å². The van der Waals surface area contributed by atoms with E-state index in [1.807, 2.05) is 55.5 Å². The molecule has 0 unspecified atom stereocenters. The number of carbonyl (C=O) groups excluding carboxylic acids is 1. The van der Waals surface area contributed by atoms with Crippen LogP contribution < -0.4 is 5.56 Å². The average Bonchev–Trinajstić information content (AvgIpc) is 2.64. The third-order valence-electron chi connectivity index (χ3n) is 4.90. The van der Waals surface area contributed by atoms with Gasteiger partial charge < -0.3 is 4.90 Å². The molecule has 0 saturated carbocycles. The van der Waals surface area contributed by atoms with E-state index in [9.17, 15) is 9.59 Å². The summed E-state index contributed by atoms with van der Waals surface area (Å²) in [6.07, 6.45) is 0. The molecule has 1 aromatic heterocycles. The van der Waals surface area contributed by atoms with Gasteiger partial charge in [-0.25, -0.2) is 4.98 Å². The summed E-state index contributed by atoms with van der Waals surface area (Å²) in [6, 6.07) is 16.3. The van der Waals surface area contributed by atoms with Crippen LogP contribution in [0.4, 0.5) is 0 Å². The quantitative estimate of drug-likeness (QED) is 0.724. The van der Waals surface area contributed by atoms with Crippen molar-refractivity contribution in [1.82, 2.24) is 14.5 Å². The Kier molecular flexibility index (Phi) is 3.64. The molecule has 3 aromatic rings. The lowest BCUT2D eigenvalue weighted by molar-refractivity contribution is -0.140. The highest BCUT2D eigenvalue weighted by Crippen LogP contribution is 2.31. The molecule has 25 heavy (non-hydrogen) atoms. The fraction of sp³-hybridized carbons (Fsp3) is 0.250. The molecule has 0 spiro atoms. The number of amides is 1. The van der Waals surface area contributed by atoms with E-state index in [-0.39, 0.29) is 17.5 Å². The number of nitrogens with zero attached hydrogens (tertiary/aromatic N) is 3. The van der Waals surface area contributed by atoms with E-state index in [0.717, 1.165) is 5.56 Å². The molecule has 126 valence electrons. The second kappa shape index (κ2) is 5.84. The Bertz CT molecular complexity index is 1010. The van der Waals surface area contributed by atoms with Crippen molar-refractivity contribution in [3.8, 4) is 0 Å². The second-order valence-corrected chi connectivity index (χ2v) is 6.47. The normalized spacial score (nSPS) is 19.9. The van der Waals surface area contributed by atoms with Gasteiger partial charge in [-0.05, 0) is 31.5 Å². The van der Waals surface area contributed by atoms with Crippen LogP contribution in [0.2, 0.25) is 0 Å². The molecular weight excluding hydrogens is 314 g/mol. The van der Waals surface area contributed by atoms with Gasteiger partial charge in [0.15, 0.2) is 0 Å². The summed E-state index contributed by atoms with van der Waals surface area (Å²) in [7, 11) is 0. The van der Waals surface area contributed by atoms with Gasteiger partial charge in [0.2, 0.25) is 5.91 Å². The van der Waals surface area contributed by atoms with Crippen molar-refractivity contribution in [1.29, 1.82) is 0 Å². The summed E-state index contributed by atoms with van der Waals surface area (Å²) in [5.74, 6) is 0.592. The van der Waals surface area contributed by atoms with Crippen molar-refractivity contribution in [2.24, 2.45) is 0 Å². The largest absolute Gasteiger partial charge is 0.327 e. The maximum atomic E-state index is 12.9. The van der Waals surface area contributed by atoms with Crippen molar-refractivity contribution in [3.63, 3.8) is 0 Å². The van der Waals surface area contributed by atoms with Gasteiger partial charge in [-0.3, -0.25) is 14.2 Å². The fourth-order valence-electron chi connectivity index (χ4n) is 3.51. The van der Waals surface area contributed by atoms with Crippen LogP contribution in [0.1, 0.15) is 37.3 Å². The first kappa shape index (κ1) is 15.6. The number of para-hydroxylation sites is 1. The minimum atomic E-state index is -0.556. The zero-order valence-electron chi connectivity index (χ0n) is 14.2. The van der Waals surface area contributed by atoms with Crippen LogP contribution in [0, 0.1) is 0 Å². The zero-order chi connectivity index (χ0) is 17.6. The smallest absolute Gasteiger partial charge is 0.262 e. The number of hydrogen-bond donors (Lipinski definition) is 0. The monoisotopic (exact) mass is 333 g/mol. The van der Waals surface area contributed by atoms with Crippen LogP contribution in [0.5, 0.6) is 0 Å². The maximum Gasteiger partial charge on any atom is 0.262 e. The Balaban J connectivity index is 1.85. The minimum Gasteiger partial charge on any atom is -0.327 e. The fourth-order valence-corrected chi connectivity index (χ4v) is 3.51. The molecule has 0 bridgehead atoms. The van der Waals surface area contributed by atoms with Gasteiger partial charge in [0.1, 0.15) is 11.9 Å². The predicted octanol–water partition coefficient (Wildman–Crippen LogP) is 3.06. The number of carbonyl (C=O) groups is 1. The summed E-state index contributed by atoms with van der Waals surface area (Å²) in [5, 5.41) is 0.551. The number of rotatable bonds is 2. The van der Waals surface area contributed by atoms with Crippen molar-refractivity contribution in [2.45, 2.75) is 32.5 Å². The Hall–Kier alpha value is -2.95. The van der Waals surface area contributed by atoms with Crippen molar-refractivity contribution in [2.75, 3.05) is 0 Å². The summed E-state index contributed by atoms with van der Waals surface area (Å²) in [4.78, 5) is 32.3. The number of fused-ring (bicyclic) bond motifs is 2. The molecule has 5 nitrogen and oxygen atoms in total. The lowest BCUT2D eigenvalue weighted by Gasteiger charge is -2.38. The molecular formula is C20H19N3O2. The summed E-state index contributed by atoms with van der Waals surface area (Å²) < 4.78 is 1.55. The second-order valence-electron chi connectivity index (χ2n) is 6.47. The molecule has 1 aliphatic heterocycles. The van der Waals surface area contributed by atoms with Gasteiger partial charge in [0.25, 0.3) is 5.56 Å². The Morgan fingerprint density at radius 1 is 0.920 bits per heavy atom. The van der Waals surface area contributed by atoms with Gasteiger partial charge in [0.05, 0.1) is 16.9 Å². The van der Waals surface area contributed by atoms with E-state index >= 15 is 0 Å².